The van der Waals surface area contributed by atoms with Crippen LogP contribution in [-0.4, -0.2) is 24.1 Å². The quantitative estimate of drug-likeness (QED) is 0.329. The minimum absolute atomic E-state index is 0.0260. The van der Waals surface area contributed by atoms with Gasteiger partial charge in [-0.25, -0.2) is 0 Å². The highest BCUT2D eigenvalue weighted by molar-refractivity contribution is 5.74. The molecule has 0 aliphatic heterocycles. The first-order chi connectivity index (χ1) is 11.8. The molecule has 0 aromatic carbocycles. The van der Waals surface area contributed by atoms with Crippen LogP contribution in [0.25, 0.3) is 0 Å². The van der Waals surface area contributed by atoms with E-state index in [1.807, 2.05) is 20.8 Å². The Balaban J connectivity index is 1.23. The zero-order valence-corrected chi connectivity index (χ0v) is 15.6. The van der Waals surface area contributed by atoms with E-state index in [1.54, 1.807) is 0 Å². The van der Waals surface area contributed by atoms with Crippen molar-refractivity contribution in [2.24, 2.45) is 41.4 Å². The summed E-state index contributed by atoms with van der Waals surface area (Å²) in [5.74, 6) is 4.19. The van der Waals surface area contributed by atoms with Gasteiger partial charge in [0.15, 0.2) is 0 Å². The standard InChI is InChI=1S/C21H30O4/c1-21(2,3)25-17(22)5-4-8-24-20(23)16-11-14-10-15(16)19-13-7-6-12(9-13)18(14)19/h6-7,12-16,18-19H,4-5,8-11H2,1-3H3. The maximum absolute atomic E-state index is 12.5. The molecular weight excluding hydrogens is 316 g/mol. The summed E-state index contributed by atoms with van der Waals surface area (Å²) in [6, 6.07) is 0. The van der Waals surface area contributed by atoms with Gasteiger partial charge in [0.05, 0.1) is 12.5 Å². The van der Waals surface area contributed by atoms with Crippen molar-refractivity contribution in [3.63, 3.8) is 0 Å². The Hall–Kier alpha value is -1.32. The van der Waals surface area contributed by atoms with Gasteiger partial charge in [0.2, 0.25) is 0 Å². The highest BCUT2D eigenvalue weighted by Crippen LogP contribution is 2.67. The molecule has 0 N–H and O–H groups in total. The molecule has 138 valence electrons. The van der Waals surface area contributed by atoms with Gasteiger partial charge in [-0.2, -0.15) is 0 Å². The molecule has 0 saturated heterocycles. The molecule has 4 aliphatic carbocycles. The Morgan fingerprint density at radius 3 is 2.48 bits per heavy atom. The van der Waals surface area contributed by atoms with E-state index in [9.17, 15) is 9.59 Å². The summed E-state index contributed by atoms with van der Waals surface area (Å²) in [6.45, 7) is 5.90. The van der Waals surface area contributed by atoms with Crippen LogP contribution in [0.5, 0.6) is 0 Å². The fraction of sp³-hybridized carbons (Fsp3) is 0.810. The monoisotopic (exact) mass is 346 g/mol. The van der Waals surface area contributed by atoms with Gasteiger partial charge < -0.3 is 9.47 Å². The highest BCUT2D eigenvalue weighted by atomic mass is 16.6. The van der Waals surface area contributed by atoms with E-state index in [2.05, 4.69) is 12.2 Å². The summed E-state index contributed by atoms with van der Waals surface area (Å²) in [7, 11) is 0. The minimum Gasteiger partial charge on any atom is -0.465 e. The predicted molar refractivity (Wildman–Crippen MR) is 93.5 cm³/mol. The first kappa shape index (κ1) is 17.1. The number of carbonyl (C=O) groups is 2. The molecular formula is C21H30O4. The van der Waals surface area contributed by atoms with Crippen LogP contribution in [0.2, 0.25) is 0 Å². The number of fused-ring (bicyclic) bond motifs is 9. The molecule has 3 fully saturated rings. The van der Waals surface area contributed by atoms with E-state index in [1.165, 1.54) is 12.8 Å². The van der Waals surface area contributed by atoms with Crippen LogP contribution in [0.3, 0.4) is 0 Å². The number of allylic oxidation sites excluding steroid dienone is 2. The second-order valence-corrected chi connectivity index (χ2v) is 9.46. The largest absolute Gasteiger partial charge is 0.465 e. The first-order valence-electron chi connectivity index (χ1n) is 9.90. The lowest BCUT2D eigenvalue weighted by Crippen LogP contribution is -2.35. The van der Waals surface area contributed by atoms with Crippen molar-refractivity contribution in [3.8, 4) is 0 Å². The third-order valence-electron chi connectivity index (χ3n) is 6.76. The van der Waals surface area contributed by atoms with Crippen LogP contribution in [0.15, 0.2) is 12.2 Å². The van der Waals surface area contributed by atoms with Crippen molar-refractivity contribution in [2.45, 2.75) is 58.5 Å². The third-order valence-corrected chi connectivity index (χ3v) is 6.76. The molecule has 7 atom stereocenters. The molecule has 0 aromatic heterocycles. The smallest absolute Gasteiger partial charge is 0.309 e. The number of carbonyl (C=O) groups excluding carboxylic acids is 2. The highest BCUT2D eigenvalue weighted by Gasteiger charge is 2.62. The molecule has 4 bridgehead atoms. The average Bonchev–Trinajstić information content (AvgIpc) is 3.27. The normalized spacial score (nSPS) is 40.4. The fourth-order valence-corrected chi connectivity index (χ4v) is 6.18. The van der Waals surface area contributed by atoms with Crippen LogP contribution in [0.4, 0.5) is 0 Å². The Labute approximate surface area is 150 Å². The number of esters is 2. The van der Waals surface area contributed by atoms with E-state index in [-0.39, 0.29) is 17.9 Å². The molecule has 4 nitrogen and oxygen atoms in total. The van der Waals surface area contributed by atoms with Crippen LogP contribution in [0.1, 0.15) is 52.9 Å². The third kappa shape index (κ3) is 3.13. The molecule has 25 heavy (non-hydrogen) atoms. The number of ether oxygens (including phenoxy) is 2. The van der Waals surface area contributed by atoms with E-state index < -0.39 is 5.60 Å². The summed E-state index contributed by atoms with van der Waals surface area (Å²) >= 11 is 0. The molecule has 0 radical (unpaired) electrons. The van der Waals surface area contributed by atoms with E-state index in [0.29, 0.717) is 31.3 Å². The molecule has 7 unspecified atom stereocenters. The summed E-state index contributed by atoms with van der Waals surface area (Å²) in [5, 5.41) is 0. The molecule has 0 heterocycles. The van der Waals surface area contributed by atoms with Gasteiger partial charge in [0, 0.05) is 6.42 Å². The molecule has 4 heteroatoms. The number of hydrogen-bond donors (Lipinski definition) is 0. The van der Waals surface area contributed by atoms with Gasteiger partial charge in [-0.05, 0) is 82.0 Å². The van der Waals surface area contributed by atoms with Crippen molar-refractivity contribution in [2.75, 3.05) is 6.61 Å². The van der Waals surface area contributed by atoms with Gasteiger partial charge in [-0.1, -0.05) is 12.2 Å². The second-order valence-electron chi connectivity index (χ2n) is 9.46. The van der Waals surface area contributed by atoms with Crippen molar-refractivity contribution in [1.29, 1.82) is 0 Å². The first-order valence-corrected chi connectivity index (χ1v) is 9.90. The van der Waals surface area contributed by atoms with Crippen molar-refractivity contribution >= 4 is 11.9 Å². The van der Waals surface area contributed by atoms with Crippen LogP contribution in [0, 0.1) is 41.4 Å². The molecule has 0 aromatic rings. The summed E-state index contributed by atoms with van der Waals surface area (Å²) < 4.78 is 10.8. The van der Waals surface area contributed by atoms with Gasteiger partial charge >= 0.3 is 11.9 Å². The Bertz CT molecular complexity index is 587. The van der Waals surface area contributed by atoms with Crippen LogP contribution < -0.4 is 0 Å². The Kier molecular flexibility index (Phi) is 4.20. The Morgan fingerprint density at radius 1 is 1.04 bits per heavy atom. The average molecular weight is 346 g/mol. The molecule has 4 aliphatic rings. The molecule has 0 spiro atoms. The second kappa shape index (κ2) is 6.14. The van der Waals surface area contributed by atoms with Crippen molar-refractivity contribution < 1.29 is 19.1 Å². The maximum atomic E-state index is 12.5. The van der Waals surface area contributed by atoms with Gasteiger partial charge in [-0.15, -0.1) is 0 Å². The van der Waals surface area contributed by atoms with E-state index in [4.69, 9.17) is 9.47 Å². The lowest BCUT2D eigenvalue weighted by atomic mass is 9.69. The maximum Gasteiger partial charge on any atom is 0.309 e. The zero-order valence-electron chi connectivity index (χ0n) is 15.6. The number of hydrogen-bond acceptors (Lipinski definition) is 4. The lowest BCUT2D eigenvalue weighted by molar-refractivity contribution is -0.157. The lowest BCUT2D eigenvalue weighted by Gasteiger charge is -2.35. The van der Waals surface area contributed by atoms with Crippen molar-refractivity contribution in [3.05, 3.63) is 12.2 Å². The van der Waals surface area contributed by atoms with Gasteiger partial charge in [0.1, 0.15) is 5.60 Å². The fourth-order valence-electron chi connectivity index (χ4n) is 6.18. The number of rotatable bonds is 5. The summed E-state index contributed by atoms with van der Waals surface area (Å²) in [5.41, 5.74) is -0.456. The minimum atomic E-state index is -0.456. The van der Waals surface area contributed by atoms with Crippen molar-refractivity contribution in [1.82, 2.24) is 0 Å². The SMILES string of the molecule is CC(C)(C)OC(=O)CCCOC(=O)C1CC2CC1C1C3C=CC(C3)C21. The van der Waals surface area contributed by atoms with E-state index in [0.717, 1.165) is 30.1 Å². The summed E-state index contributed by atoms with van der Waals surface area (Å²) in [4.78, 5) is 24.2. The molecule has 0 amide bonds. The Morgan fingerprint density at radius 2 is 1.76 bits per heavy atom. The predicted octanol–water partition coefficient (Wildman–Crippen LogP) is 3.75. The van der Waals surface area contributed by atoms with Gasteiger partial charge in [-0.3, -0.25) is 9.59 Å². The topological polar surface area (TPSA) is 52.6 Å². The van der Waals surface area contributed by atoms with Crippen LogP contribution >= 0.6 is 0 Å². The van der Waals surface area contributed by atoms with Gasteiger partial charge in [0.25, 0.3) is 0 Å². The zero-order chi connectivity index (χ0) is 17.8. The molecule has 4 rings (SSSR count). The van der Waals surface area contributed by atoms with E-state index >= 15 is 0 Å². The van der Waals surface area contributed by atoms with Crippen LogP contribution in [-0.2, 0) is 19.1 Å². The summed E-state index contributed by atoms with van der Waals surface area (Å²) in [6.07, 6.45) is 9.24. The molecule has 3 saturated carbocycles.